The number of nitriles is 1. The zero-order valence-electron chi connectivity index (χ0n) is 19.4. The first kappa shape index (κ1) is 26.7. The molecule has 1 heterocycles. The summed E-state index contributed by atoms with van der Waals surface area (Å²) in [6.45, 7) is 4.71. The third kappa shape index (κ3) is 7.83. The fourth-order valence-electron chi connectivity index (χ4n) is 3.27. The van der Waals surface area contributed by atoms with Crippen LogP contribution in [0.3, 0.4) is 0 Å². The lowest BCUT2D eigenvalue weighted by molar-refractivity contribution is -0.137. The summed E-state index contributed by atoms with van der Waals surface area (Å²) in [6, 6.07) is 17.5. The molecule has 184 valence electrons. The van der Waals surface area contributed by atoms with Gasteiger partial charge in [0.1, 0.15) is 0 Å². The number of anilines is 2. The summed E-state index contributed by atoms with van der Waals surface area (Å²) in [4.78, 5) is 26.5. The van der Waals surface area contributed by atoms with E-state index in [-0.39, 0.29) is 12.8 Å². The first-order valence-electron chi connectivity index (χ1n) is 11.0. The molecule has 2 aromatic carbocycles. The first-order chi connectivity index (χ1) is 17.4. The monoisotopic (exact) mass is 519 g/mol. The van der Waals surface area contributed by atoms with Gasteiger partial charge in [-0.3, -0.25) is 9.59 Å². The molecule has 0 saturated carbocycles. The van der Waals surface area contributed by atoms with Gasteiger partial charge >= 0.3 is 11.9 Å². The van der Waals surface area contributed by atoms with Gasteiger partial charge in [0.05, 0.1) is 35.2 Å². The molecular formula is C27H25N3O4S2. The zero-order valence-corrected chi connectivity index (χ0v) is 21.0. The lowest BCUT2D eigenvalue weighted by Gasteiger charge is -2.19. The van der Waals surface area contributed by atoms with Crippen molar-refractivity contribution < 1.29 is 19.8 Å². The Hall–Kier alpha value is -3.87. The number of fused-ring (bicyclic) bond motifs is 1. The Morgan fingerprint density at radius 3 is 2.56 bits per heavy atom. The fourth-order valence-corrected chi connectivity index (χ4v) is 5.18. The minimum absolute atomic E-state index is 0.00461. The molecule has 0 aromatic heterocycles. The van der Waals surface area contributed by atoms with Crippen molar-refractivity contribution in [1.82, 2.24) is 0 Å². The molecule has 36 heavy (non-hydrogen) atoms. The molecule has 1 aliphatic heterocycles. The van der Waals surface area contributed by atoms with Gasteiger partial charge in [-0.15, -0.1) is 0 Å². The largest absolute Gasteiger partial charge is 0.481 e. The number of carbonyl (C=O) groups is 2. The van der Waals surface area contributed by atoms with Gasteiger partial charge in [-0.2, -0.15) is 5.26 Å². The van der Waals surface area contributed by atoms with Crippen molar-refractivity contribution in [1.29, 1.82) is 5.26 Å². The Morgan fingerprint density at radius 2 is 1.81 bits per heavy atom. The van der Waals surface area contributed by atoms with E-state index in [1.807, 2.05) is 59.5 Å². The van der Waals surface area contributed by atoms with E-state index >= 15 is 0 Å². The number of carboxylic acids is 2. The van der Waals surface area contributed by atoms with Crippen molar-refractivity contribution in [3.63, 3.8) is 0 Å². The third-order valence-electron chi connectivity index (χ3n) is 4.95. The van der Waals surface area contributed by atoms with Crippen LogP contribution in [-0.2, 0) is 9.59 Å². The zero-order chi connectivity index (χ0) is 25.9. The van der Waals surface area contributed by atoms with Crippen LogP contribution in [0, 0.1) is 11.3 Å². The molecule has 0 atom stereocenters. The summed E-state index contributed by atoms with van der Waals surface area (Å²) in [5.74, 6) is -1.73. The van der Waals surface area contributed by atoms with Crippen molar-refractivity contribution in [2.75, 3.05) is 23.3 Å². The summed E-state index contributed by atoms with van der Waals surface area (Å²) >= 11 is 2.95. The van der Waals surface area contributed by atoms with Crippen LogP contribution >= 0.6 is 23.5 Å². The van der Waals surface area contributed by atoms with Crippen LogP contribution in [0.4, 0.5) is 11.4 Å². The molecule has 0 amide bonds. The number of thioether (sulfide) groups is 2. The summed E-state index contributed by atoms with van der Waals surface area (Å²) in [5.41, 5.74) is 2.20. The summed E-state index contributed by atoms with van der Waals surface area (Å²) in [6.07, 6.45) is 6.99. The number of allylic oxidation sites excluding steroid dienone is 5. The second-order valence-corrected chi connectivity index (χ2v) is 9.80. The van der Waals surface area contributed by atoms with Crippen molar-refractivity contribution in [2.24, 2.45) is 0 Å². The van der Waals surface area contributed by atoms with Gasteiger partial charge in [0.2, 0.25) is 0 Å². The van der Waals surface area contributed by atoms with E-state index in [1.54, 1.807) is 18.2 Å². The lowest BCUT2D eigenvalue weighted by Crippen LogP contribution is -2.21. The number of rotatable bonds is 12. The third-order valence-corrected chi connectivity index (χ3v) is 7.06. The molecule has 1 aliphatic rings. The van der Waals surface area contributed by atoms with E-state index in [0.717, 1.165) is 26.2 Å². The van der Waals surface area contributed by atoms with Gasteiger partial charge in [0.25, 0.3) is 0 Å². The molecule has 0 aliphatic carbocycles. The molecule has 3 N–H and O–H groups in total. The van der Waals surface area contributed by atoms with E-state index in [0.29, 0.717) is 23.6 Å². The van der Waals surface area contributed by atoms with Gasteiger partial charge in [0, 0.05) is 33.5 Å². The van der Waals surface area contributed by atoms with Crippen LogP contribution in [0.2, 0.25) is 0 Å². The molecule has 2 aromatic rings. The minimum Gasteiger partial charge on any atom is -0.481 e. The average Bonchev–Trinajstić information content (AvgIpc) is 3.21. The van der Waals surface area contributed by atoms with Gasteiger partial charge in [-0.1, -0.05) is 54.4 Å². The Kier molecular flexibility index (Phi) is 9.86. The highest BCUT2D eigenvalue weighted by Gasteiger charge is 2.24. The molecule has 0 unspecified atom stereocenters. The molecular weight excluding hydrogens is 494 g/mol. The smallest absolute Gasteiger partial charge is 0.305 e. The highest BCUT2D eigenvalue weighted by atomic mass is 32.2. The Morgan fingerprint density at radius 1 is 1.08 bits per heavy atom. The molecule has 9 heteroatoms. The molecule has 0 spiro atoms. The van der Waals surface area contributed by atoms with Crippen LogP contribution in [0.1, 0.15) is 12.8 Å². The Balaban J connectivity index is 1.69. The van der Waals surface area contributed by atoms with Gasteiger partial charge < -0.3 is 20.4 Å². The second-order valence-electron chi connectivity index (χ2n) is 7.57. The predicted molar refractivity (Wildman–Crippen MR) is 145 cm³/mol. The van der Waals surface area contributed by atoms with Crippen LogP contribution in [-0.4, -0.2) is 35.2 Å². The van der Waals surface area contributed by atoms with Gasteiger partial charge in [-0.25, -0.2) is 0 Å². The molecule has 3 rings (SSSR count). The number of carboxylic acid groups (broad SMARTS) is 2. The number of hydrogen-bond acceptors (Lipinski definition) is 7. The average molecular weight is 520 g/mol. The number of nitrogens with one attached hydrogen (secondary N) is 1. The summed E-state index contributed by atoms with van der Waals surface area (Å²) < 4.78 is 0. The molecule has 0 bridgehead atoms. The topological polar surface area (TPSA) is 114 Å². The molecule has 7 nitrogen and oxygen atoms in total. The molecule has 0 fully saturated rings. The maximum absolute atomic E-state index is 11.1. The van der Waals surface area contributed by atoms with E-state index in [9.17, 15) is 14.9 Å². The van der Waals surface area contributed by atoms with E-state index in [4.69, 9.17) is 10.2 Å². The predicted octanol–water partition coefficient (Wildman–Crippen LogP) is 6.11. The van der Waals surface area contributed by atoms with Crippen LogP contribution in [0.15, 0.2) is 105 Å². The van der Waals surface area contributed by atoms with Crippen LogP contribution in [0.5, 0.6) is 0 Å². The Bertz CT molecular complexity index is 1280. The van der Waals surface area contributed by atoms with Crippen LogP contribution in [0.25, 0.3) is 0 Å². The summed E-state index contributed by atoms with van der Waals surface area (Å²) in [7, 11) is 0. The molecule has 0 saturated heterocycles. The normalized spacial score (nSPS) is 14.0. The quantitative estimate of drug-likeness (QED) is 0.173. The minimum atomic E-state index is -0.866. The van der Waals surface area contributed by atoms with Gasteiger partial charge in [-0.05, 0) is 48.6 Å². The number of nitrogens with zero attached hydrogens (tertiary/aromatic N) is 2. The Labute approximate surface area is 218 Å². The van der Waals surface area contributed by atoms with Crippen molar-refractivity contribution in [3.8, 4) is 6.07 Å². The van der Waals surface area contributed by atoms with Crippen molar-refractivity contribution in [3.05, 3.63) is 94.9 Å². The number of para-hydroxylation sites is 2. The van der Waals surface area contributed by atoms with E-state index in [2.05, 4.69) is 18.0 Å². The standard InChI is InChI=1S/C27H25N3O4S2/c1-19(35-23-8-4-2-6-21(23)29-16-14-26(31)32)10-11-20(18-28)12-13-25-30(17-15-27(33)34)22-7-3-5-9-24(22)36-25/h2-13,29H,1,14-17H2,(H,31,32)(H,33,34)/b11-10+,20-12-,25-13-. The first-order valence-corrected chi connectivity index (χ1v) is 12.7. The lowest BCUT2D eigenvalue weighted by atomic mass is 10.2. The van der Waals surface area contributed by atoms with Crippen molar-refractivity contribution in [2.45, 2.75) is 22.6 Å². The van der Waals surface area contributed by atoms with Gasteiger partial charge in [0.15, 0.2) is 0 Å². The highest BCUT2D eigenvalue weighted by Crippen LogP contribution is 2.45. The highest BCUT2D eigenvalue weighted by molar-refractivity contribution is 8.03. The molecule has 0 radical (unpaired) electrons. The number of hydrogen-bond donors (Lipinski definition) is 3. The van der Waals surface area contributed by atoms with Crippen LogP contribution < -0.4 is 10.2 Å². The van der Waals surface area contributed by atoms with E-state index < -0.39 is 11.9 Å². The maximum atomic E-state index is 11.1. The second kappa shape index (κ2) is 13.3. The number of benzene rings is 2. The van der Waals surface area contributed by atoms with E-state index in [1.165, 1.54) is 23.5 Å². The number of aliphatic carboxylic acids is 2. The summed E-state index contributed by atoms with van der Waals surface area (Å²) in [5, 5.41) is 31.6. The fraction of sp³-hybridized carbons (Fsp3) is 0.148. The SMILES string of the molecule is C=C(/C=C/C(C#N)=C/C=C1\Sc2ccccc2N1CCC(=O)O)Sc1ccccc1NCCC(=O)O. The maximum Gasteiger partial charge on any atom is 0.305 e. The van der Waals surface area contributed by atoms with Crippen molar-refractivity contribution >= 4 is 46.8 Å².